The SMILES string of the molecule is O=C(N[C@@H]1CCCC[C@@H]1C(F)(F)F)c1ccc(C(=O)O)nc1. The fraction of sp³-hybridized carbons (Fsp3) is 0.500. The monoisotopic (exact) mass is 316 g/mol. The van der Waals surface area contributed by atoms with Crippen LogP contribution in [0.3, 0.4) is 0 Å². The molecular weight excluding hydrogens is 301 g/mol. The molecule has 0 aliphatic heterocycles. The molecule has 120 valence electrons. The molecule has 0 aromatic carbocycles. The Morgan fingerprint density at radius 3 is 2.45 bits per heavy atom. The molecule has 0 unspecified atom stereocenters. The van der Waals surface area contributed by atoms with Gasteiger partial charge in [0.25, 0.3) is 5.91 Å². The van der Waals surface area contributed by atoms with Crippen molar-refractivity contribution in [2.75, 3.05) is 0 Å². The Kier molecular flexibility index (Phi) is 4.68. The third kappa shape index (κ3) is 3.75. The molecule has 2 rings (SSSR count). The number of alkyl halides is 3. The van der Waals surface area contributed by atoms with Crippen LogP contribution in [-0.4, -0.2) is 34.2 Å². The van der Waals surface area contributed by atoms with Crippen LogP contribution >= 0.6 is 0 Å². The molecule has 1 heterocycles. The summed E-state index contributed by atoms with van der Waals surface area (Å²) in [5.41, 5.74) is -0.195. The topological polar surface area (TPSA) is 79.3 Å². The number of pyridine rings is 1. The zero-order valence-corrected chi connectivity index (χ0v) is 11.6. The van der Waals surface area contributed by atoms with E-state index in [1.807, 2.05) is 0 Å². The first-order valence-electron chi connectivity index (χ1n) is 6.86. The highest BCUT2D eigenvalue weighted by atomic mass is 19.4. The number of rotatable bonds is 3. The van der Waals surface area contributed by atoms with Gasteiger partial charge in [-0.3, -0.25) is 4.79 Å². The van der Waals surface area contributed by atoms with E-state index in [1.54, 1.807) is 0 Å². The van der Waals surface area contributed by atoms with Gasteiger partial charge in [-0.05, 0) is 25.0 Å². The highest BCUT2D eigenvalue weighted by Gasteiger charge is 2.45. The van der Waals surface area contributed by atoms with Gasteiger partial charge in [-0.1, -0.05) is 12.8 Å². The summed E-state index contributed by atoms with van der Waals surface area (Å²) in [5, 5.41) is 11.1. The summed E-state index contributed by atoms with van der Waals surface area (Å²) in [6.45, 7) is 0. The maximum absolute atomic E-state index is 13.0. The molecule has 1 aliphatic rings. The van der Waals surface area contributed by atoms with Crippen molar-refractivity contribution in [2.24, 2.45) is 5.92 Å². The van der Waals surface area contributed by atoms with Crippen LogP contribution in [0.1, 0.15) is 46.5 Å². The van der Waals surface area contributed by atoms with Crippen LogP contribution in [0, 0.1) is 5.92 Å². The number of nitrogens with zero attached hydrogens (tertiary/aromatic N) is 1. The van der Waals surface area contributed by atoms with Crippen molar-refractivity contribution in [1.29, 1.82) is 0 Å². The van der Waals surface area contributed by atoms with Gasteiger partial charge in [0, 0.05) is 12.2 Å². The van der Waals surface area contributed by atoms with Gasteiger partial charge in [-0.15, -0.1) is 0 Å². The zero-order valence-electron chi connectivity index (χ0n) is 11.6. The number of carbonyl (C=O) groups is 2. The standard InChI is InChI=1S/C14H15F3N2O3/c15-14(16,17)9-3-1-2-4-10(9)19-12(20)8-5-6-11(13(21)22)18-7-8/h5-7,9-10H,1-4H2,(H,19,20)(H,21,22)/t9-,10+/m0/s1. The Morgan fingerprint density at radius 1 is 1.23 bits per heavy atom. The minimum Gasteiger partial charge on any atom is -0.477 e. The first-order valence-corrected chi connectivity index (χ1v) is 6.86. The van der Waals surface area contributed by atoms with Crippen molar-refractivity contribution in [3.8, 4) is 0 Å². The van der Waals surface area contributed by atoms with Crippen LogP contribution in [0.4, 0.5) is 13.2 Å². The first kappa shape index (κ1) is 16.3. The van der Waals surface area contributed by atoms with Crippen molar-refractivity contribution in [3.05, 3.63) is 29.6 Å². The van der Waals surface area contributed by atoms with Gasteiger partial charge in [0.1, 0.15) is 5.69 Å². The van der Waals surface area contributed by atoms with Crippen LogP contribution in [0.2, 0.25) is 0 Å². The molecule has 0 saturated heterocycles. The van der Waals surface area contributed by atoms with Gasteiger partial charge in [-0.2, -0.15) is 13.2 Å². The molecule has 8 heteroatoms. The smallest absolute Gasteiger partial charge is 0.393 e. The van der Waals surface area contributed by atoms with Crippen LogP contribution in [-0.2, 0) is 0 Å². The summed E-state index contributed by atoms with van der Waals surface area (Å²) in [4.78, 5) is 26.2. The molecular formula is C14H15F3N2O3. The van der Waals surface area contributed by atoms with Crippen molar-refractivity contribution in [3.63, 3.8) is 0 Å². The van der Waals surface area contributed by atoms with Gasteiger partial charge in [0.15, 0.2) is 0 Å². The van der Waals surface area contributed by atoms with Crippen LogP contribution in [0.15, 0.2) is 18.3 Å². The van der Waals surface area contributed by atoms with E-state index in [0.717, 1.165) is 12.3 Å². The summed E-state index contributed by atoms with van der Waals surface area (Å²) >= 11 is 0. The minimum absolute atomic E-state index is 0.00461. The Morgan fingerprint density at radius 2 is 1.91 bits per heavy atom. The van der Waals surface area contributed by atoms with E-state index >= 15 is 0 Å². The molecule has 1 aromatic heterocycles. The Labute approximate surface area is 124 Å². The molecule has 0 bridgehead atoms. The number of carboxylic acids is 1. The predicted octanol–water partition coefficient (Wildman–Crippen LogP) is 2.63. The quantitative estimate of drug-likeness (QED) is 0.898. The molecule has 0 radical (unpaired) electrons. The number of carboxylic acid groups (broad SMARTS) is 1. The third-order valence-corrected chi connectivity index (χ3v) is 3.75. The van der Waals surface area contributed by atoms with Crippen molar-refractivity contribution >= 4 is 11.9 Å². The fourth-order valence-corrected chi connectivity index (χ4v) is 2.60. The van der Waals surface area contributed by atoms with Crippen LogP contribution < -0.4 is 5.32 Å². The molecule has 1 saturated carbocycles. The van der Waals surface area contributed by atoms with Crippen molar-refractivity contribution in [2.45, 2.75) is 37.9 Å². The van der Waals surface area contributed by atoms with E-state index in [0.29, 0.717) is 12.8 Å². The Hall–Kier alpha value is -2.12. The lowest BCUT2D eigenvalue weighted by Crippen LogP contribution is -2.47. The highest BCUT2D eigenvalue weighted by molar-refractivity contribution is 5.95. The molecule has 0 spiro atoms. The molecule has 2 N–H and O–H groups in total. The maximum Gasteiger partial charge on any atom is 0.393 e. The second-order valence-electron chi connectivity index (χ2n) is 5.25. The van der Waals surface area contributed by atoms with E-state index < -0.39 is 30.0 Å². The van der Waals surface area contributed by atoms with Gasteiger partial charge in [0.2, 0.25) is 0 Å². The second kappa shape index (κ2) is 6.33. The summed E-state index contributed by atoms with van der Waals surface area (Å²) in [6.07, 6.45) is -1.89. The normalized spacial score (nSPS) is 22.1. The zero-order chi connectivity index (χ0) is 16.3. The molecule has 1 aromatic rings. The highest BCUT2D eigenvalue weighted by Crippen LogP contribution is 2.37. The number of halogens is 3. The number of nitrogens with one attached hydrogen (secondary N) is 1. The lowest BCUT2D eigenvalue weighted by Gasteiger charge is -2.33. The first-order chi connectivity index (χ1) is 10.3. The van der Waals surface area contributed by atoms with Crippen LogP contribution in [0.25, 0.3) is 0 Å². The lowest BCUT2D eigenvalue weighted by molar-refractivity contribution is -0.187. The van der Waals surface area contributed by atoms with E-state index in [9.17, 15) is 22.8 Å². The summed E-state index contributed by atoms with van der Waals surface area (Å²) in [7, 11) is 0. The summed E-state index contributed by atoms with van der Waals surface area (Å²) in [5.74, 6) is -3.46. The second-order valence-corrected chi connectivity index (χ2v) is 5.25. The van der Waals surface area contributed by atoms with Crippen molar-refractivity contribution < 1.29 is 27.9 Å². The van der Waals surface area contributed by atoms with Gasteiger partial charge >= 0.3 is 12.1 Å². The molecule has 1 amide bonds. The van der Waals surface area contributed by atoms with E-state index in [2.05, 4.69) is 10.3 Å². The maximum atomic E-state index is 13.0. The number of aromatic carboxylic acids is 1. The number of amides is 1. The van der Waals surface area contributed by atoms with Gasteiger partial charge in [0.05, 0.1) is 11.5 Å². The van der Waals surface area contributed by atoms with E-state index in [1.165, 1.54) is 6.07 Å². The fourth-order valence-electron chi connectivity index (χ4n) is 2.60. The van der Waals surface area contributed by atoms with E-state index in [4.69, 9.17) is 5.11 Å². The molecule has 1 fully saturated rings. The summed E-state index contributed by atoms with van der Waals surface area (Å²) in [6, 6.07) is 1.41. The average Bonchev–Trinajstić information content (AvgIpc) is 2.46. The third-order valence-electron chi connectivity index (χ3n) is 3.75. The number of aromatic nitrogens is 1. The summed E-state index contributed by atoms with van der Waals surface area (Å²) < 4.78 is 38.9. The molecule has 1 aliphatic carbocycles. The van der Waals surface area contributed by atoms with Crippen LogP contribution in [0.5, 0.6) is 0 Å². The largest absolute Gasteiger partial charge is 0.477 e. The van der Waals surface area contributed by atoms with E-state index in [-0.39, 0.29) is 24.1 Å². The molecule has 2 atom stereocenters. The van der Waals surface area contributed by atoms with Gasteiger partial charge < -0.3 is 10.4 Å². The number of carbonyl (C=O) groups excluding carboxylic acids is 1. The van der Waals surface area contributed by atoms with Crippen molar-refractivity contribution in [1.82, 2.24) is 10.3 Å². The minimum atomic E-state index is -4.34. The number of hydrogen-bond acceptors (Lipinski definition) is 3. The Bertz CT molecular complexity index is 557. The molecule has 22 heavy (non-hydrogen) atoms. The number of hydrogen-bond donors (Lipinski definition) is 2. The van der Waals surface area contributed by atoms with Gasteiger partial charge in [-0.25, -0.2) is 9.78 Å². The predicted molar refractivity (Wildman–Crippen MR) is 70.5 cm³/mol. The average molecular weight is 316 g/mol. The lowest BCUT2D eigenvalue weighted by atomic mass is 9.84. The molecule has 5 nitrogen and oxygen atoms in total. The Balaban J connectivity index is 2.08.